The summed E-state index contributed by atoms with van der Waals surface area (Å²) in [6.07, 6.45) is 0. The zero-order chi connectivity index (χ0) is 24.5. The van der Waals surface area contributed by atoms with Crippen molar-refractivity contribution in [2.24, 2.45) is 0 Å². The molecule has 1 aromatic heterocycles. The Morgan fingerprint density at radius 1 is 1.03 bits per heavy atom. The van der Waals surface area contributed by atoms with Gasteiger partial charge in [-0.15, -0.1) is 0 Å². The molecule has 0 aliphatic carbocycles. The lowest BCUT2D eigenvalue weighted by Gasteiger charge is -2.30. The van der Waals surface area contributed by atoms with E-state index in [2.05, 4.69) is 15.6 Å². The summed E-state index contributed by atoms with van der Waals surface area (Å²) in [6.45, 7) is 2.94. The first-order valence-corrected chi connectivity index (χ1v) is 11.2. The van der Waals surface area contributed by atoms with Crippen molar-refractivity contribution in [2.75, 3.05) is 12.0 Å². The molecule has 0 fully saturated rings. The van der Waals surface area contributed by atoms with E-state index < -0.39 is 5.82 Å². The fraction of sp³-hybridized carbons (Fsp3) is 0.148. The predicted molar refractivity (Wildman–Crippen MR) is 132 cm³/mol. The van der Waals surface area contributed by atoms with E-state index in [-0.39, 0.29) is 29.3 Å². The van der Waals surface area contributed by atoms with Crippen molar-refractivity contribution in [2.45, 2.75) is 20.0 Å². The van der Waals surface area contributed by atoms with Crippen molar-refractivity contribution in [1.82, 2.24) is 15.2 Å². The quantitative estimate of drug-likeness (QED) is 0.412. The van der Waals surface area contributed by atoms with E-state index >= 15 is 0 Å². The van der Waals surface area contributed by atoms with E-state index in [9.17, 15) is 18.8 Å². The number of nitrogens with zero attached hydrogens (tertiary/aromatic N) is 1. The van der Waals surface area contributed by atoms with Crippen molar-refractivity contribution < 1.29 is 14.0 Å². The topological polar surface area (TPSA) is 94.3 Å². The molecule has 4 aromatic rings. The highest BCUT2D eigenvalue weighted by atomic mass is 19.1. The summed E-state index contributed by atoms with van der Waals surface area (Å²) in [5.41, 5.74) is 4.28. The van der Waals surface area contributed by atoms with Gasteiger partial charge in [0, 0.05) is 35.8 Å². The van der Waals surface area contributed by atoms with Gasteiger partial charge in [0.2, 0.25) is 5.56 Å². The number of aromatic amines is 1. The number of anilines is 1. The Labute approximate surface area is 200 Å². The Hall–Kier alpha value is -4.46. The monoisotopic (exact) mass is 470 g/mol. The van der Waals surface area contributed by atoms with Crippen molar-refractivity contribution in [3.63, 3.8) is 0 Å². The molecule has 0 bridgehead atoms. The van der Waals surface area contributed by atoms with Gasteiger partial charge in [-0.1, -0.05) is 35.9 Å². The molecular formula is C27H23FN4O3. The van der Waals surface area contributed by atoms with Gasteiger partial charge in [-0.25, -0.2) is 4.39 Å². The number of pyridine rings is 1. The van der Waals surface area contributed by atoms with Crippen LogP contribution < -0.4 is 16.2 Å². The second-order valence-electron chi connectivity index (χ2n) is 8.58. The van der Waals surface area contributed by atoms with E-state index in [0.29, 0.717) is 41.1 Å². The van der Waals surface area contributed by atoms with E-state index in [1.807, 2.05) is 31.2 Å². The van der Waals surface area contributed by atoms with E-state index in [1.54, 1.807) is 23.1 Å². The van der Waals surface area contributed by atoms with Crippen LogP contribution >= 0.6 is 0 Å². The smallest absolute Gasteiger partial charge is 0.257 e. The summed E-state index contributed by atoms with van der Waals surface area (Å²) < 4.78 is 14.1. The van der Waals surface area contributed by atoms with Crippen LogP contribution in [-0.2, 0) is 13.1 Å². The maximum atomic E-state index is 14.1. The number of aromatic nitrogens is 1. The highest BCUT2D eigenvalue weighted by Gasteiger charge is 2.25. The summed E-state index contributed by atoms with van der Waals surface area (Å²) in [7, 11) is 0. The molecule has 0 saturated carbocycles. The molecule has 7 nitrogen and oxygen atoms in total. The molecule has 1 aliphatic heterocycles. The fourth-order valence-electron chi connectivity index (χ4n) is 4.18. The molecule has 3 N–H and O–H groups in total. The normalized spacial score (nSPS) is 12.9. The van der Waals surface area contributed by atoms with Gasteiger partial charge in [0.05, 0.1) is 17.7 Å². The maximum Gasteiger partial charge on any atom is 0.257 e. The summed E-state index contributed by atoms with van der Waals surface area (Å²) in [4.78, 5) is 41.8. The van der Waals surface area contributed by atoms with Crippen LogP contribution in [0.3, 0.4) is 0 Å². The number of carbonyl (C=O) groups excluding carboxylic acids is 2. The van der Waals surface area contributed by atoms with Crippen molar-refractivity contribution >= 4 is 28.4 Å². The number of hydrogen-bond donors (Lipinski definition) is 3. The number of H-pyrrole nitrogens is 1. The summed E-state index contributed by atoms with van der Waals surface area (Å²) in [5.74, 6) is -0.902. The minimum Gasteiger partial charge on any atom is -0.367 e. The third kappa shape index (κ3) is 4.50. The zero-order valence-electron chi connectivity index (χ0n) is 19.0. The molecule has 0 unspecified atom stereocenters. The number of rotatable bonds is 5. The Balaban J connectivity index is 1.30. The van der Waals surface area contributed by atoms with E-state index in [0.717, 1.165) is 11.1 Å². The van der Waals surface area contributed by atoms with Gasteiger partial charge in [0.1, 0.15) is 5.82 Å². The molecular weight excluding hydrogens is 447 g/mol. The molecule has 0 atom stereocenters. The first kappa shape index (κ1) is 22.3. The minimum atomic E-state index is -0.451. The predicted octanol–water partition coefficient (Wildman–Crippen LogP) is 3.93. The lowest BCUT2D eigenvalue weighted by Crippen LogP contribution is -2.39. The van der Waals surface area contributed by atoms with Gasteiger partial charge in [-0.2, -0.15) is 0 Å². The number of amides is 2. The Morgan fingerprint density at radius 3 is 2.63 bits per heavy atom. The lowest BCUT2D eigenvalue weighted by molar-refractivity contribution is 0.0745. The summed E-state index contributed by atoms with van der Waals surface area (Å²) >= 11 is 0. The average molecular weight is 471 g/mol. The number of carbonyl (C=O) groups is 2. The van der Waals surface area contributed by atoms with Crippen LogP contribution in [0.5, 0.6) is 0 Å². The largest absolute Gasteiger partial charge is 0.367 e. The number of benzene rings is 3. The summed E-state index contributed by atoms with van der Waals surface area (Å²) in [6, 6.07) is 18.5. The van der Waals surface area contributed by atoms with E-state index in [1.165, 1.54) is 24.3 Å². The fourth-order valence-corrected chi connectivity index (χ4v) is 4.18. The standard InChI is InChI=1S/C27H23FN4O3/c1-16-2-4-17(5-3-16)14-32-15-30-23-12-18(6-8-21(23)27(32)35)26(34)29-13-19-7-10-22(28)20-9-11-24(33)31-25(19)20/h2-12,30H,13-15H2,1H3,(H,29,34)(H,31,33). The van der Waals surface area contributed by atoms with Gasteiger partial charge >= 0.3 is 0 Å². The SMILES string of the molecule is Cc1ccc(CN2CNc3cc(C(=O)NCc4ccc(F)c5ccc(=O)[nH]c45)ccc3C2=O)cc1. The van der Waals surface area contributed by atoms with Crippen LogP contribution in [0, 0.1) is 12.7 Å². The second kappa shape index (κ2) is 9.06. The Morgan fingerprint density at radius 2 is 1.83 bits per heavy atom. The van der Waals surface area contributed by atoms with Crippen LogP contribution in [0.15, 0.2) is 71.5 Å². The number of nitrogens with one attached hydrogen (secondary N) is 3. The molecule has 2 amide bonds. The Kier molecular flexibility index (Phi) is 5.78. The van der Waals surface area contributed by atoms with Crippen molar-refractivity contribution in [1.29, 1.82) is 0 Å². The van der Waals surface area contributed by atoms with Gasteiger partial charge in [-0.3, -0.25) is 14.4 Å². The van der Waals surface area contributed by atoms with Crippen molar-refractivity contribution in [3.8, 4) is 0 Å². The van der Waals surface area contributed by atoms with Gasteiger partial charge < -0.3 is 20.5 Å². The molecule has 0 saturated heterocycles. The van der Waals surface area contributed by atoms with Crippen LogP contribution in [0.25, 0.3) is 10.9 Å². The number of hydrogen-bond acceptors (Lipinski definition) is 4. The van der Waals surface area contributed by atoms with Gasteiger partial charge in [-0.05, 0) is 48.4 Å². The summed E-state index contributed by atoms with van der Waals surface area (Å²) in [5, 5.41) is 6.31. The van der Waals surface area contributed by atoms with Crippen LogP contribution in [-0.4, -0.2) is 28.4 Å². The zero-order valence-corrected chi connectivity index (χ0v) is 19.0. The number of halogens is 1. The molecule has 176 valence electrons. The van der Waals surface area contributed by atoms with Crippen LogP contribution in [0.2, 0.25) is 0 Å². The Bertz CT molecular complexity index is 1510. The third-order valence-electron chi connectivity index (χ3n) is 6.12. The van der Waals surface area contributed by atoms with E-state index in [4.69, 9.17) is 0 Å². The molecule has 1 aliphatic rings. The second-order valence-corrected chi connectivity index (χ2v) is 8.58. The highest BCUT2D eigenvalue weighted by molar-refractivity contribution is 6.04. The molecule has 5 rings (SSSR count). The van der Waals surface area contributed by atoms with Crippen LogP contribution in [0.4, 0.5) is 10.1 Å². The average Bonchev–Trinajstić information content (AvgIpc) is 2.86. The van der Waals surface area contributed by atoms with Gasteiger partial charge in [0.15, 0.2) is 0 Å². The van der Waals surface area contributed by atoms with Crippen LogP contribution in [0.1, 0.15) is 37.4 Å². The molecule has 3 aromatic carbocycles. The third-order valence-corrected chi connectivity index (χ3v) is 6.12. The molecule has 8 heteroatoms. The van der Waals surface area contributed by atoms with Crippen molar-refractivity contribution in [3.05, 3.63) is 111 Å². The maximum absolute atomic E-state index is 14.1. The van der Waals surface area contributed by atoms with Gasteiger partial charge in [0.25, 0.3) is 11.8 Å². The highest BCUT2D eigenvalue weighted by Crippen LogP contribution is 2.25. The number of fused-ring (bicyclic) bond motifs is 2. The molecule has 0 radical (unpaired) electrons. The lowest BCUT2D eigenvalue weighted by atomic mass is 10.0. The molecule has 35 heavy (non-hydrogen) atoms. The first-order chi connectivity index (χ1) is 16.9. The molecule has 2 heterocycles. The first-order valence-electron chi connectivity index (χ1n) is 11.2. The minimum absolute atomic E-state index is 0.101. The molecule has 0 spiro atoms. The number of aryl methyl sites for hydroxylation is 1.